The molecule has 1 aliphatic carbocycles. The Bertz CT molecular complexity index is 2150. The van der Waals surface area contributed by atoms with Crippen LogP contribution in [0.4, 0.5) is 5.69 Å². The summed E-state index contributed by atoms with van der Waals surface area (Å²) in [4.78, 5) is 47.9. The molecule has 5 aromatic rings. The molecule has 2 aromatic heterocycles. The molecule has 3 aromatic carbocycles. The molecule has 4 heterocycles. The SMILES string of the molecule is O=C(NC(C=C1CCN(c2ccccc2CN2CCCCC2=O)CC1)C1CC1c1ccc(Cl)cc1)c1cc(=O)c2cc(-n3cncn3)ccc2o1. The highest BCUT2D eigenvalue weighted by atomic mass is 35.5. The van der Waals surface area contributed by atoms with Gasteiger partial charge in [-0.15, -0.1) is 0 Å². The largest absolute Gasteiger partial charge is 0.451 e. The van der Waals surface area contributed by atoms with Gasteiger partial charge in [-0.05, 0) is 91.5 Å². The Hall–Kier alpha value is -5.22. The van der Waals surface area contributed by atoms with E-state index in [1.807, 2.05) is 17.0 Å². The number of benzene rings is 3. The number of piperidine rings is 2. The predicted octanol–water partition coefficient (Wildman–Crippen LogP) is 6.67. The van der Waals surface area contributed by atoms with Crippen molar-refractivity contribution in [1.82, 2.24) is 25.0 Å². The number of amides is 2. The quantitative estimate of drug-likeness (QED) is 0.171. The van der Waals surface area contributed by atoms with Crippen LogP contribution in [0.5, 0.6) is 0 Å². The van der Waals surface area contributed by atoms with E-state index < -0.39 is 5.91 Å². The van der Waals surface area contributed by atoms with E-state index in [1.165, 1.54) is 34.8 Å². The number of carbonyl (C=O) groups is 2. The van der Waals surface area contributed by atoms with Crippen LogP contribution in [0.3, 0.4) is 0 Å². The molecule has 2 aliphatic heterocycles. The molecule has 3 aliphatic rings. The van der Waals surface area contributed by atoms with Crippen molar-refractivity contribution in [2.75, 3.05) is 24.5 Å². The van der Waals surface area contributed by atoms with Gasteiger partial charge in [-0.1, -0.05) is 53.6 Å². The van der Waals surface area contributed by atoms with Gasteiger partial charge in [0.1, 0.15) is 18.2 Å². The van der Waals surface area contributed by atoms with E-state index >= 15 is 0 Å². The maximum Gasteiger partial charge on any atom is 0.287 e. The third-order valence-electron chi connectivity index (χ3n) is 10.5. The molecule has 51 heavy (non-hydrogen) atoms. The number of likely N-dealkylation sites (tertiary alicyclic amines) is 1. The topological polar surface area (TPSA) is 114 Å². The van der Waals surface area contributed by atoms with E-state index in [0.29, 0.717) is 34.6 Å². The summed E-state index contributed by atoms with van der Waals surface area (Å²) in [6.45, 7) is 3.15. The number of anilines is 1. The van der Waals surface area contributed by atoms with Crippen molar-refractivity contribution in [1.29, 1.82) is 0 Å². The highest BCUT2D eigenvalue weighted by molar-refractivity contribution is 6.30. The number of para-hydroxylation sites is 1. The predicted molar refractivity (Wildman–Crippen MR) is 196 cm³/mol. The lowest BCUT2D eigenvalue weighted by molar-refractivity contribution is -0.133. The number of halogens is 1. The van der Waals surface area contributed by atoms with E-state index in [-0.39, 0.29) is 35.0 Å². The van der Waals surface area contributed by atoms with Gasteiger partial charge in [-0.3, -0.25) is 14.4 Å². The lowest BCUT2D eigenvalue weighted by Crippen LogP contribution is -2.38. The number of hydrogen-bond acceptors (Lipinski definition) is 7. The fraction of sp³-hybridized carbons (Fsp3) is 0.325. The monoisotopic (exact) mass is 702 g/mol. The van der Waals surface area contributed by atoms with Crippen molar-refractivity contribution in [3.63, 3.8) is 0 Å². The first-order chi connectivity index (χ1) is 24.9. The Balaban J connectivity index is 1.01. The van der Waals surface area contributed by atoms with Crippen molar-refractivity contribution < 1.29 is 14.0 Å². The molecule has 1 N–H and O–H groups in total. The van der Waals surface area contributed by atoms with Gasteiger partial charge in [0.15, 0.2) is 11.2 Å². The van der Waals surface area contributed by atoms with E-state index in [1.54, 1.807) is 29.2 Å². The average molecular weight is 703 g/mol. The Labute approximate surface area is 300 Å². The van der Waals surface area contributed by atoms with Gasteiger partial charge in [0, 0.05) is 49.4 Å². The van der Waals surface area contributed by atoms with E-state index in [4.69, 9.17) is 16.0 Å². The molecule has 0 bridgehead atoms. The van der Waals surface area contributed by atoms with Crippen LogP contribution >= 0.6 is 11.6 Å². The van der Waals surface area contributed by atoms with Crippen LogP contribution in [0.25, 0.3) is 16.7 Å². The summed E-state index contributed by atoms with van der Waals surface area (Å²) in [7, 11) is 0. The molecular formula is C40H39ClN6O4. The summed E-state index contributed by atoms with van der Waals surface area (Å²) < 4.78 is 7.56. The summed E-state index contributed by atoms with van der Waals surface area (Å²) in [6, 6.07) is 22.5. The molecule has 260 valence electrons. The van der Waals surface area contributed by atoms with Crippen LogP contribution in [-0.2, 0) is 11.3 Å². The van der Waals surface area contributed by atoms with Crippen LogP contribution in [0, 0.1) is 5.92 Å². The molecule has 11 heteroatoms. The van der Waals surface area contributed by atoms with Gasteiger partial charge in [0.25, 0.3) is 5.91 Å². The molecule has 0 radical (unpaired) electrons. The van der Waals surface area contributed by atoms with E-state index in [0.717, 1.165) is 51.7 Å². The van der Waals surface area contributed by atoms with Crippen LogP contribution in [-0.4, -0.2) is 57.2 Å². The first-order valence-electron chi connectivity index (χ1n) is 17.7. The Morgan fingerprint density at radius 3 is 2.59 bits per heavy atom. The standard InChI is InChI=1S/C40H39ClN6O4/c41-29-10-8-27(9-11-29)31-21-32(31)34(44-40(50)38-22-36(48)33-20-30(12-13-37(33)51-38)47-25-42-24-43-47)19-26-14-17-45(18-15-26)35-6-2-1-5-28(35)23-46-16-4-3-7-39(46)49/h1-2,5-6,8-13,19-20,22,24-25,31-32,34H,3-4,7,14-18,21,23H2,(H,44,50). The summed E-state index contributed by atoms with van der Waals surface area (Å²) >= 11 is 6.18. The maximum absolute atomic E-state index is 13.8. The van der Waals surface area contributed by atoms with Gasteiger partial charge in [-0.25, -0.2) is 9.67 Å². The van der Waals surface area contributed by atoms with Crippen LogP contribution in [0.1, 0.15) is 66.1 Å². The van der Waals surface area contributed by atoms with Crippen LogP contribution in [0.2, 0.25) is 5.02 Å². The Morgan fingerprint density at radius 2 is 1.80 bits per heavy atom. The number of nitrogens with zero attached hydrogens (tertiary/aromatic N) is 5. The molecule has 1 saturated carbocycles. The summed E-state index contributed by atoms with van der Waals surface area (Å²) in [6.07, 6.45) is 10.5. The second-order valence-corrected chi connectivity index (χ2v) is 14.2. The lowest BCUT2D eigenvalue weighted by Gasteiger charge is -2.34. The first-order valence-corrected chi connectivity index (χ1v) is 18.1. The number of nitrogens with one attached hydrogen (secondary N) is 1. The van der Waals surface area contributed by atoms with Gasteiger partial charge in [-0.2, -0.15) is 5.10 Å². The molecule has 10 nitrogen and oxygen atoms in total. The van der Waals surface area contributed by atoms with Crippen LogP contribution < -0.4 is 15.6 Å². The fourth-order valence-corrected chi connectivity index (χ4v) is 7.71. The second-order valence-electron chi connectivity index (χ2n) is 13.8. The molecule has 2 saturated heterocycles. The van der Waals surface area contributed by atoms with Crippen molar-refractivity contribution in [2.45, 2.75) is 57.0 Å². The lowest BCUT2D eigenvalue weighted by atomic mass is 9.96. The zero-order chi connectivity index (χ0) is 34.9. The van der Waals surface area contributed by atoms with E-state index in [2.05, 4.69) is 62.8 Å². The molecule has 2 amide bonds. The van der Waals surface area contributed by atoms with Crippen molar-refractivity contribution >= 4 is 40.1 Å². The van der Waals surface area contributed by atoms with Gasteiger partial charge in [0.2, 0.25) is 5.91 Å². The Kier molecular flexibility index (Phi) is 9.17. The summed E-state index contributed by atoms with van der Waals surface area (Å²) in [5, 5.41) is 8.42. The number of carbonyl (C=O) groups excluding carboxylic acids is 2. The minimum absolute atomic E-state index is 0.0216. The second kappa shape index (κ2) is 14.2. The number of fused-ring (bicyclic) bond motifs is 1. The molecule has 3 atom stereocenters. The zero-order valence-corrected chi connectivity index (χ0v) is 29.0. The minimum atomic E-state index is -0.420. The fourth-order valence-electron chi connectivity index (χ4n) is 7.58. The molecular weight excluding hydrogens is 664 g/mol. The smallest absolute Gasteiger partial charge is 0.287 e. The van der Waals surface area contributed by atoms with E-state index in [9.17, 15) is 14.4 Å². The highest BCUT2D eigenvalue weighted by Crippen LogP contribution is 2.50. The zero-order valence-electron chi connectivity index (χ0n) is 28.2. The Morgan fingerprint density at radius 1 is 0.980 bits per heavy atom. The van der Waals surface area contributed by atoms with Crippen LogP contribution in [0.15, 0.2) is 106 Å². The van der Waals surface area contributed by atoms with Gasteiger partial charge < -0.3 is 19.5 Å². The highest BCUT2D eigenvalue weighted by Gasteiger charge is 2.44. The number of rotatable bonds is 9. The number of hydrogen-bond donors (Lipinski definition) is 1. The first kappa shape index (κ1) is 33.0. The maximum atomic E-state index is 13.8. The van der Waals surface area contributed by atoms with Crippen molar-refractivity contribution in [3.8, 4) is 5.69 Å². The normalized spacial score (nSPS) is 19.6. The van der Waals surface area contributed by atoms with Crippen molar-refractivity contribution in [3.05, 3.63) is 129 Å². The number of aromatic nitrogens is 3. The molecule has 3 fully saturated rings. The molecule has 0 spiro atoms. The van der Waals surface area contributed by atoms with Gasteiger partial charge in [0.05, 0.1) is 17.1 Å². The molecule has 8 rings (SSSR count). The third kappa shape index (κ3) is 7.19. The third-order valence-corrected chi connectivity index (χ3v) is 10.7. The van der Waals surface area contributed by atoms with Crippen molar-refractivity contribution in [2.24, 2.45) is 5.92 Å². The summed E-state index contributed by atoms with van der Waals surface area (Å²) in [5.41, 5.74) is 5.55. The summed E-state index contributed by atoms with van der Waals surface area (Å²) in [5.74, 6) is 0.280. The molecule has 3 unspecified atom stereocenters. The van der Waals surface area contributed by atoms with Gasteiger partial charge >= 0.3 is 0 Å². The average Bonchev–Trinajstić information content (AvgIpc) is 3.75. The minimum Gasteiger partial charge on any atom is -0.451 e.